The van der Waals surface area contributed by atoms with Gasteiger partial charge in [-0.15, -0.1) is 0 Å². The number of aromatic nitrogens is 4. The van der Waals surface area contributed by atoms with Crippen LogP contribution in [0.2, 0.25) is 0 Å². The monoisotopic (exact) mass is 353 g/mol. The summed E-state index contributed by atoms with van der Waals surface area (Å²) in [6.07, 6.45) is 9.02. The second-order valence-corrected chi connectivity index (χ2v) is 8.49. The molecule has 2 aromatic heterocycles. The molecule has 4 bridgehead atoms. The number of rotatable bonds is 3. The fourth-order valence-corrected chi connectivity index (χ4v) is 5.89. The number of amides is 1. The van der Waals surface area contributed by atoms with Gasteiger partial charge in [0.15, 0.2) is 5.82 Å². The summed E-state index contributed by atoms with van der Waals surface area (Å²) in [5.41, 5.74) is 1.02. The lowest BCUT2D eigenvalue weighted by molar-refractivity contribution is -0.0167. The SMILES string of the molecule is Cc1c(C(=O)NC23CC4CC(CC(C4)C2)C3)cnn1-c1ccc(=O)[nH]n1. The summed E-state index contributed by atoms with van der Waals surface area (Å²) in [4.78, 5) is 24.2. The van der Waals surface area contributed by atoms with E-state index in [1.54, 1.807) is 16.9 Å². The molecule has 0 radical (unpaired) electrons. The van der Waals surface area contributed by atoms with Crippen molar-refractivity contribution in [2.45, 2.75) is 51.0 Å². The average Bonchev–Trinajstić information content (AvgIpc) is 2.95. The number of H-pyrrole nitrogens is 1. The Morgan fingerprint density at radius 1 is 1.19 bits per heavy atom. The van der Waals surface area contributed by atoms with Crippen LogP contribution in [0.25, 0.3) is 5.82 Å². The molecule has 4 aliphatic rings. The second kappa shape index (κ2) is 5.53. The van der Waals surface area contributed by atoms with Crippen LogP contribution in [-0.4, -0.2) is 31.4 Å². The molecule has 0 saturated heterocycles. The third kappa shape index (κ3) is 2.48. The van der Waals surface area contributed by atoms with Gasteiger partial charge >= 0.3 is 0 Å². The molecule has 136 valence electrons. The van der Waals surface area contributed by atoms with E-state index < -0.39 is 0 Å². The van der Waals surface area contributed by atoms with Crippen LogP contribution in [0.5, 0.6) is 0 Å². The van der Waals surface area contributed by atoms with E-state index in [2.05, 4.69) is 20.6 Å². The Morgan fingerprint density at radius 2 is 1.85 bits per heavy atom. The maximum absolute atomic E-state index is 13.0. The van der Waals surface area contributed by atoms with Crippen LogP contribution >= 0.6 is 0 Å². The Labute approximate surface area is 151 Å². The van der Waals surface area contributed by atoms with Gasteiger partial charge in [-0.1, -0.05) is 0 Å². The first-order chi connectivity index (χ1) is 12.5. The second-order valence-electron chi connectivity index (χ2n) is 8.49. The fourth-order valence-electron chi connectivity index (χ4n) is 5.89. The molecule has 0 aromatic carbocycles. The van der Waals surface area contributed by atoms with Crippen molar-refractivity contribution >= 4 is 5.91 Å². The summed E-state index contributed by atoms with van der Waals surface area (Å²) in [7, 11) is 0. The van der Waals surface area contributed by atoms with Crippen molar-refractivity contribution in [3.8, 4) is 5.82 Å². The lowest BCUT2D eigenvalue weighted by atomic mass is 9.53. The normalized spacial score (nSPS) is 32.0. The molecule has 2 heterocycles. The summed E-state index contributed by atoms with van der Waals surface area (Å²) >= 11 is 0. The minimum atomic E-state index is -0.265. The molecular formula is C19H23N5O2. The first-order valence-corrected chi connectivity index (χ1v) is 9.45. The average molecular weight is 353 g/mol. The number of carbonyl (C=O) groups is 1. The Balaban J connectivity index is 1.40. The molecule has 1 amide bonds. The number of hydrogen-bond acceptors (Lipinski definition) is 4. The maximum Gasteiger partial charge on any atom is 0.264 e. The molecule has 0 atom stereocenters. The molecule has 7 heteroatoms. The Hall–Kier alpha value is -2.44. The Bertz CT molecular complexity index is 872. The van der Waals surface area contributed by atoms with E-state index in [4.69, 9.17) is 0 Å². The van der Waals surface area contributed by atoms with Crippen LogP contribution in [-0.2, 0) is 0 Å². The Morgan fingerprint density at radius 3 is 2.42 bits per heavy atom. The smallest absolute Gasteiger partial charge is 0.264 e. The lowest BCUT2D eigenvalue weighted by Gasteiger charge is -2.56. The Kier molecular flexibility index (Phi) is 3.36. The quantitative estimate of drug-likeness (QED) is 0.882. The molecule has 4 fully saturated rings. The van der Waals surface area contributed by atoms with E-state index in [1.807, 2.05) is 6.92 Å². The number of nitrogens with one attached hydrogen (secondary N) is 2. The van der Waals surface area contributed by atoms with Crippen LogP contribution < -0.4 is 10.9 Å². The highest BCUT2D eigenvalue weighted by Gasteiger charge is 2.51. The maximum atomic E-state index is 13.0. The highest BCUT2D eigenvalue weighted by Crippen LogP contribution is 2.55. The summed E-state index contributed by atoms with van der Waals surface area (Å²) in [5, 5.41) is 14.1. The standard InChI is InChI=1S/C19H23N5O2/c1-11-15(10-20-24(11)16-2-3-17(25)23-22-16)18(26)21-19-7-12-4-13(8-19)6-14(5-12)9-19/h2-3,10,12-14H,4-9H2,1H3,(H,21,26)(H,23,25). The van der Waals surface area contributed by atoms with Gasteiger partial charge in [-0.05, 0) is 69.3 Å². The van der Waals surface area contributed by atoms with Gasteiger partial charge in [-0.3, -0.25) is 9.59 Å². The third-order valence-corrected chi connectivity index (χ3v) is 6.55. The zero-order chi connectivity index (χ0) is 17.9. The van der Waals surface area contributed by atoms with Gasteiger partial charge in [-0.25, -0.2) is 9.78 Å². The lowest BCUT2D eigenvalue weighted by Crippen LogP contribution is -2.59. The zero-order valence-electron chi connectivity index (χ0n) is 14.9. The molecule has 4 saturated carbocycles. The van der Waals surface area contributed by atoms with Gasteiger partial charge in [0, 0.05) is 11.6 Å². The highest BCUT2D eigenvalue weighted by molar-refractivity contribution is 5.95. The van der Waals surface area contributed by atoms with Crippen LogP contribution in [0.4, 0.5) is 0 Å². The highest BCUT2D eigenvalue weighted by atomic mass is 16.2. The number of hydrogen-bond donors (Lipinski definition) is 2. The largest absolute Gasteiger partial charge is 0.346 e. The van der Waals surface area contributed by atoms with Gasteiger partial charge < -0.3 is 5.32 Å². The van der Waals surface area contributed by atoms with Crippen molar-refractivity contribution in [1.29, 1.82) is 0 Å². The molecule has 26 heavy (non-hydrogen) atoms. The molecule has 6 rings (SSSR count). The van der Waals surface area contributed by atoms with Crippen molar-refractivity contribution in [1.82, 2.24) is 25.3 Å². The molecular weight excluding hydrogens is 330 g/mol. The first-order valence-electron chi connectivity index (χ1n) is 9.45. The zero-order valence-corrected chi connectivity index (χ0v) is 14.9. The molecule has 2 aromatic rings. The minimum absolute atomic E-state index is 0.0173. The molecule has 0 spiro atoms. The summed E-state index contributed by atoms with van der Waals surface area (Å²) in [6.45, 7) is 1.86. The molecule has 0 aliphatic heterocycles. The van der Waals surface area contributed by atoms with Gasteiger partial charge in [0.2, 0.25) is 0 Å². The predicted octanol–water partition coefficient (Wildman–Crippen LogP) is 1.96. The number of carbonyl (C=O) groups excluding carboxylic acids is 1. The molecule has 7 nitrogen and oxygen atoms in total. The van der Waals surface area contributed by atoms with E-state index in [1.165, 1.54) is 25.3 Å². The third-order valence-electron chi connectivity index (χ3n) is 6.55. The predicted molar refractivity (Wildman–Crippen MR) is 95.1 cm³/mol. The van der Waals surface area contributed by atoms with E-state index >= 15 is 0 Å². The fraction of sp³-hybridized carbons (Fsp3) is 0.579. The van der Waals surface area contributed by atoms with Crippen LogP contribution in [0, 0.1) is 24.7 Å². The van der Waals surface area contributed by atoms with Gasteiger partial charge in [0.05, 0.1) is 17.5 Å². The van der Waals surface area contributed by atoms with Crippen molar-refractivity contribution in [2.75, 3.05) is 0 Å². The van der Waals surface area contributed by atoms with Crippen molar-refractivity contribution in [2.24, 2.45) is 17.8 Å². The number of aromatic amines is 1. The van der Waals surface area contributed by atoms with Crippen molar-refractivity contribution in [3.05, 3.63) is 39.9 Å². The van der Waals surface area contributed by atoms with Crippen LogP contribution in [0.1, 0.15) is 54.6 Å². The van der Waals surface area contributed by atoms with E-state index in [-0.39, 0.29) is 17.0 Å². The van der Waals surface area contributed by atoms with Gasteiger partial charge in [-0.2, -0.15) is 10.2 Å². The van der Waals surface area contributed by atoms with Crippen LogP contribution in [0.15, 0.2) is 23.1 Å². The van der Waals surface area contributed by atoms with Gasteiger partial charge in [0.1, 0.15) is 0 Å². The number of nitrogens with zero attached hydrogens (tertiary/aromatic N) is 3. The molecule has 2 N–H and O–H groups in total. The topological polar surface area (TPSA) is 92.7 Å². The van der Waals surface area contributed by atoms with Crippen LogP contribution in [0.3, 0.4) is 0 Å². The summed E-state index contributed by atoms with van der Waals surface area (Å²) < 4.78 is 1.59. The summed E-state index contributed by atoms with van der Waals surface area (Å²) in [5.74, 6) is 2.82. The molecule has 4 aliphatic carbocycles. The van der Waals surface area contributed by atoms with Crippen molar-refractivity contribution < 1.29 is 4.79 Å². The van der Waals surface area contributed by atoms with E-state index in [0.29, 0.717) is 11.4 Å². The molecule has 0 unspecified atom stereocenters. The van der Waals surface area contributed by atoms with Crippen molar-refractivity contribution in [3.63, 3.8) is 0 Å². The summed E-state index contributed by atoms with van der Waals surface area (Å²) in [6, 6.07) is 3.00. The van der Waals surface area contributed by atoms with E-state index in [9.17, 15) is 9.59 Å². The van der Waals surface area contributed by atoms with Gasteiger partial charge in [0.25, 0.3) is 11.5 Å². The van der Waals surface area contributed by atoms with E-state index in [0.717, 1.165) is 42.7 Å². The first kappa shape index (κ1) is 15.8. The minimum Gasteiger partial charge on any atom is -0.346 e.